The van der Waals surface area contributed by atoms with Crippen molar-refractivity contribution in [1.82, 2.24) is 33.7 Å². The van der Waals surface area contributed by atoms with Crippen molar-refractivity contribution >= 4 is 10.2 Å². The van der Waals surface area contributed by atoms with Crippen LogP contribution in [0.3, 0.4) is 0 Å². The third-order valence-electron chi connectivity index (χ3n) is 5.27. The summed E-state index contributed by atoms with van der Waals surface area (Å²) in [5, 5.41) is 12.0. The third kappa shape index (κ3) is 4.48. The third-order valence-corrected chi connectivity index (χ3v) is 7.24. The van der Waals surface area contributed by atoms with Crippen LogP contribution in [0.4, 0.5) is 0 Å². The first-order chi connectivity index (χ1) is 13.9. The van der Waals surface area contributed by atoms with E-state index in [1.165, 1.54) is 0 Å². The van der Waals surface area contributed by atoms with Gasteiger partial charge in [0.15, 0.2) is 5.82 Å². The second-order valence-corrected chi connectivity index (χ2v) is 9.53. The van der Waals surface area contributed by atoms with Crippen molar-refractivity contribution in [2.45, 2.75) is 32.6 Å². The fourth-order valence-corrected chi connectivity index (χ4v) is 5.62. The monoisotopic (exact) mass is 421 g/mol. The van der Waals surface area contributed by atoms with Crippen molar-refractivity contribution in [2.24, 2.45) is 0 Å². The van der Waals surface area contributed by atoms with Gasteiger partial charge in [-0.1, -0.05) is 18.2 Å². The molecule has 4 rings (SSSR count). The Hall–Kier alpha value is -1.92. The summed E-state index contributed by atoms with van der Waals surface area (Å²) in [6, 6.07) is 9.74. The Balaban J connectivity index is 1.37. The number of piperazine rings is 1. The first-order valence-corrected chi connectivity index (χ1v) is 11.3. The van der Waals surface area contributed by atoms with Gasteiger partial charge in [0.2, 0.25) is 0 Å². The standard InChI is InChI=1S/C18H27N7O3S/c1-15-12-24(13-16(2)28-15)29(26,27)23-10-8-22(9-11-23)14-18-19-20-21-25(18)17-6-4-3-5-7-17/h3-7,15-16H,8-14H2,1-2H3/t15-,16-/m1/s1. The Morgan fingerprint density at radius 2 is 1.66 bits per heavy atom. The molecule has 2 saturated heterocycles. The Bertz CT molecular complexity index is 903. The number of ether oxygens (including phenoxy) is 1. The smallest absolute Gasteiger partial charge is 0.282 e. The maximum absolute atomic E-state index is 13.0. The average Bonchev–Trinajstić information content (AvgIpc) is 3.16. The number of nitrogens with zero attached hydrogens (tertiary/aromatic N) is 7. The highest BCUT2D eigenvalue weighted by molar-refractivity contribution is 7.86. The summed E-state index contributed by atoms with van der Waals surface area (Å²) in [7, 11) is -3.47. The van der Waals surface area contributed by atoms with Gasteiger partial charge in [0.05, 0.1) is 24.4 Å². The number of rotatable bonds is 5. The highest BCUT2D eigenvalue weighted by Crippen LogP contribution is 2.19. The number of aromatic nitrogens is 4. The molecule has 0 spiro atoms. The van der Waals surface area contributed by atoms with E-state index in [2.05, 4.69) is 20.4 Å². The predicted molar refractivity (Wildman–Crippen MR) is 107 cm³/mol. The summed E-state index contributed by atoms with van der Waals surface area (Å²) < 4.78 is 36.6. The molecule has 0 bridgehead atoms. The van der Waals surface area contributed by atoms with Crippen LogP contribution < -0.4 is 0 Å². The quantitative estimate of drug-likeness (QED) is 0.677. The molecule has 1 aromatic carbocycles. The Kier molecular flexibility index (Phi) is 5.93. The molecular weight excluding hydrogens is 394 g/mol. The minimum absolute atomic E-state index is 0.0911. The van der Waals surface area contributed by atoms with Gasteiger partial charge in [-0.2, -0.15) is 21.7 Å². The zero-order valence-electron chi connectivity index (χ0n) is 16.8. The Morgan fingerprint density at radius 1 is 1.00 bits per heavy atom. The van der Waals surface area contributed by atoms with Crippen molar-refractivity contribution in [2.75, 3.05) is 39.3 Å². The summed E-state index contributed by atoms with van der Waals surface area (Å²) >= 11 is 0. The SMILES string of the molecule is C[C@@H]1CN(S(=O)(=O)N2CCN(Cc3nnnn3-c3ccccc3)CC2)C[C@@H](C)O1. The van der Waals surface area contributed by atoms with E-state index in [-0.39, 0.29) is 12.2 Å². The highest BCUT2D eigenvalue weighted by atomic mass is 32.2. The molecule has 2 atom stereocenters. The van der Waals surface area contributed by atoms with Crippen LogP contribution in [0.5, 0.6) is 0 Å². The van der Waals surface area contributed by atoms with E-state index in [0.29, 0.717) is 45.8 Å². The highest BCUT2D eigenvalue weighted by Gasteiger charge is 2.36. The van der Waals surface area contributed by atoms with Crippen LogP contribution in [-0.2, 0) is 21.5 Å². The average molecular weight is 422 g/mol. The molecule has 0 N–H and O–H groups in total. The van der Waals surface area contributed by atoms with E-state index < -0.39 is 10.2 Å². The zero-order valence-corrected chi connectivity index (χ0v) is 17.6. The number of hydrogen-bond acceptors (Lipinski definition) is 7. The molecule has 2 aliphatic heterocycles. The molecule has 3 heterocycles. The van der Waals surface area contributed by atoms with Gasteiger partial charge in [0.25, 0.3) is 10.2 Å². The van der Waals surface area contributed by atoms with Gasteiger partial charge >= 0.3 is 0 Å². The van der Waals surface area contributed by atoms with Crippen LogP contribution >= 0.6 is 0 Å². The number of para-hydroxylation sites is 1. The van der Waals surface area contributed by atoms with Crippen LogP contribution in [0.25, 0.3) is 5.69 Å². The van der Waals surface area contributed by atoms with Crippen LogP contribution in [0.1, 0.15) is 19.7 Å². The van der Waals surface area contributed by atoms with Crippen LogP contribution in [0.2, 0.25) is 0 Å². The molecule has 0 unspecified atom stereocenters. The van der Waals surface area contributed by atoms with E-state index in [1.54, 1.807) is 13.3 Å². The van der Waals surface area contributed by atoms with Crippen molar-refractivity contribution < 1.29 is 13.2 Å². The molecule has 158 valence electrons. The minimum Gasteiger partial charge on any atom is -0.373 e. The molecule has 0 aliphatic carbocycles. The normalized spacial score (nSPS) is 25.3. The largest absolute Gasteiger partial charge is 0.373 e. The van der Waals surface area contributed by atoms with Crippen LogP contribution in [0, 0.1) is 0 Å². The fourth-order valence-electron chi connectivity index (χ4n) is 3.87. The lowest BCUT2D eigenvalue weighted by Gasteiger charge is -2.40. The summed E-state index contributed by atoms with van der Waals surface area (Å²) in [4.78, 5) is 2.18. The Labute approximate surface area is 171 Å². The second kappa shape index (κ2) is 8.44. The molecule has 2 aliphatic rings. The molecule has 11 heteroatoms. The molecule has 0 amide bonds. The number of tetrazole rings is 1. The van der Waals surface area contributed by atoms with Gasteiger partial charge in [-0.05, 0) is 36.4 Å². The summed E-state index contributed by atoms with van der Waals surface area (Å²) in [6.07, 6.45) is -0.182. The number of benzene rings is 1. The van der Waals surface area contributed by atoms with Gasteiger partial charge in [0, 0.05) is 39.3 Å². The molecule has 29 heavy (non-hydrogen) atoms. The fraction of sp³-hybridized carbons (Fsp3) is 0.611. The number of hydrogen-bond donors (Lipinski definition) is 0. The predicted octanol–water partition coefficient (Wildman–Crippen LogP) is 0.134. The molecule has 1 aromatic heterocycles. The maximum Gasteiger partial charge on any atom is 0.282 e. The van der Waals surface area contributed by atoms with Crippen LogP contribution in [0.15, 0.2) is 30.3 Å². The lowest BCUT2D eigenvalue weighted by atomic mass is 10.3. The van der Waals surface area contributed by atoms with E-state index in [4.69, 9.17) is 4.74 Å². The lowest BCUT2D eigenvalue weighted by Crippen LogP contribution is -2.57. The zero-order chi connectivity index (χ0) is 20.4. The molecule has 2 fully saturated rings. The molecule has 0 radical (unpaired) electrons. The van der Waals surface area contributed by atoms with E-state index in [1.807, 2.05) is 44.2 Å². The van der Waals surface area contributed by atoms with Gasteiger partial charge in [-0.15, -0.1) is 5.10 Å². The van der Waals surface area contributed by atoms with Crippen molar-refractivity contribution in [3.63, 3.8) is 0 Å². The summed E-state index contributed by atoms with van der Waals surface area (Å²) in [5.41, 5.74) is 0.907. The van der Waals surface area contributed by atoms with Crippen molar-refractivity contribution in [1.29, 1.82) is 0 Å². The second-order valence-electron chi connectivity index (χ2n) is 7.60. The van der Waals surface area contributed by atoms with Gasteiger partial charge in [0.1, 0.15) is 0 Å². The van der Waals surface area contributed by atoms with Crippen molar-refractivity contribution in [3.05, 3.63) is 36.2 Å². The van der Waals surface area contributed by atoms with Gasteiger partial charge in [-0.25, -0.2) is 0 Å². The maximum atomic E-state index is 13.0. The summed E-state index contributed by atoms with van der Waals surface area (Å²) in [6.45, 7) is 7.37. The number of morpholine rings is 1. The minimum atomic E-state index is -3.47. The van der Waals surface area contributed by atoms with E-state index >= 15 is 0 Å². The van der Waals surface area contributed by atoms with Crippen molar-refractivity contribution in [3.8, 4) is 5.69 Å². The van der Waals surface area contributed by atoms with Gasteiger partial charge in [-0.3, -0.25) is 4.90 Å². The molecule has 2 aromatic rings. The molecule has 0 saturated carbocycles. The topological polar surface area (TPSA) is 96.7 Å². The molecule has 10 nitrogen and oxygen atoms in total. The van der Waals surface area contributed by atoms with Gasteiger partial charge < -0.3 is 4.74 Å². The van der Waals surface area contributed by atoms with E-state index in [9.17, 15) is 8.42 Å². The molecular formula is C18H27N7O3S. The first kappa shape index (κ1) is 20.4. The first-order valence-electron chi connectivity index (χ1n) is 9.89. The lowest BCUT2D eigenvalue weighted by molar-refractivity contribution is -0.0457. The summed E-state index contributed by atoms with van der Waals surface area (Å²) in [5.74, 6) is 0.739. The van der Waals surface area contributed by atoms with Crippen LogP contribution in [-0.4, -0.2) is 93.6 Å². The Morgan fingerprint density at radius 3 is 2.31 bits per heavy atom. The van der Waals surface area contributed by atoms with E-state index in [0.717, 1.165) is 11.5 Å².